The number of methoxy groups -OCH3 is 1. The van der Waals surface area contributed by atoms with Crippen molar-refractivity contribution in [1.82, 2.24) is 4.90 Å². The molecule has 0 saturated carbocycles. The van der Waals surface area contributed by atoms with E-state index in [0.29, 0.717) is 43.7 Å². The fourth-order valence-electron chi connectivity index (χ4n) is 3.47. The van der Waals surface area contributed by atoms with Crippen LogP contribution in [0.2, 0.25) is 0 Å². The molecule has 9 heteroatoms. The van der Waals surface area contributed by atoms with Gasteiger partial charge in [-0.2, -0.15) is 0 Å². The zero-order valence-electron chi connectivity index (χ0n) is 17.3. The molecule has 2 amide bonds. The molecule has 8 nitrogen and oxygen atoms in total. The first kappa shape index (κ1) is 22.2. The predicted molar refractivity (Wildman–Crippen MR) is 113 cm³/mol. The van der Waals surface area contributed by atoms with Crippen LogP contribution in [0.3, 0.4) is 0 Å². The molecule has 2 aromatic rings. The largest absolute Gasteiger partial charge is 0.443 e. The van der Waals surface area contributed by atoms with Crippen molar-refractivity contribution in [1.29, 1.82) is 0 Å². The highest BCUT2D eigenvalue weighted by Gasteiger charge is 2.21. The maximum absolute atomic E-state index is 15.0. The lowest BCUT2D eigenvalue weighted by molar-refractivity contribution is -0.133. The first-order chi connectivity index (χ1) is 14.9. The van der Waals surface area contributed by atoms with Gasteiger partial charge >= 0.3 is 6.09 Å². The molecule has 0 aliphatic carbocycles. The zero-order chi connectivity index (χ0) is 22.4. The minimum atomic E-state index is -0.983. The molecule has 3 rings (SSSR count). The highest BCUT2D eigenvalue weighted by Crippen LogP contribution is 2.29. The van der Waals surface area contributed by atoms with E-state index >= 15 is 4.39 Å². The minimum Gasteiger partial charge on any atom is -0.443 e. The molecule has 0 saturated heterocycles. The highest BCUT2D eigenvalue weighted by atomic mass is 19.1. The second kappa shape index (κ2) is 10.0. The highest BCUT2D eigenvalue weighted by molar-refractivity contribution is 5.87. The van der Waals surface area contributed by atoms with E-state index in [-0.39, 0.29) is 18.1 Å². The molecule has 0 spiro atoms. The summed E-state index contributed by atoms with van der Waals surface area (Å²) >= 11 is 0. The van der Waals surface area contributed by atoms with Gasteiger partial charge in [0.15, 0.2) is 5.96 Å². The molecule has 1 aliphatic rings. The molecule has 2 aromatic carbocycles. The molecule has 0 fully saturated rings. The van der Waals surface area contributed by atoms with Crippen LogP contribution in [0.25, 0.3) is 11.1 Å². The number of hydrogen-bond donors (Lipinski definition) is 2. The van der Waals surface area contributed by atoms with Gasteiger partial charge in [-0.15, -0.1) is 4.99 Å². The SMILES string of the molecule is COCCC(=O)N1CCc2cc(-c3cccc(COC(=O)N=C(N)N)c3F)ccc2C1. The molecule has 1 heterocycles. The summed E-state index contributed by atoms with van der Waals surface area (Å²) in [5, 5.41) is 0. The van der Waals surface area contributed by atoms with Gasteiger partial charge in [0.05, 0.1) is 13.0 Å². The van der Waals surface area contributed by atoms with Gasteiger partial charge in [-0.1, -0.05) is 36.4 Å². The van der Waals surface area contributed by atoms with Crippen LogP contribution in [0, 0.1) is 5.82 Å². The maximum Gasteiger partial charge on any atom is 0.437 e. The Morgan fingerprint density at radius 2 is 2.00 bits per heavy atom. The number of benzene rings is 2. The molecular formula is C22H25FN4O4. The number of aliphatic imine (C=N–C) groups is 1. The van der Waals surface area contributed by atoms with E-state index in [1.54, 1.807) is 19.2 Å². The van der Waals surface area contributed by atoms with Gasteiger partial charge in [-0.3, -0.25) is 4.79 Å². The fourth-order valence-corrected chi connectivity index (χ4v) is 3.47. The number of hydrogen-bond acceptors (Lipinski definition) is 4. The Bertz CT molecular complexity index is 1010. The number of ether oxygens (including phenoxy) is 2. The van der Waals surface area contributed by atoms with Crippen LogP contribution in [-0.4, -0.2) is 43.1 Å². The molecule has 0 bridgehead atoms. The summed E-state index contributed by atoms with van der Waals surface area (Å²) in [5.74, 6) is -0.843. The van der Waals surface area contributed by atoms with E-state index in [2.05, 4.69) is 4.99 Å². The Labute approximate surface area is 179 Å². The summed E-state index contributed by atoms with van der Waals surface area (Å²) in [6.07, 6.45) is 0.0674. The average molecular weight is 428 g/mol. The smallest absolute Gasteiger partial charge is 0.437 e. The van der Waals surface area contributed by atoms with Gasteiger partial charge in [0.25, 0.3) is 0 Å². The lowest BCUT2D eigenvalue weighted by Gasteiger charge is -2.29. The summed E-state index contributed by atoms with van der Waals surface area (Å²) in [6.45, 7) is 1.25. The summed E-state index contributed by atoms with van der Waals surface area (Å²) < 4.78 is 24.9. The predicted octanol–water partition coefficient (Wildman–Crippen LogP) is 2.32. The molecule has 164 valence electrons. The van der Waals surface area contributed by atoms with Crippen LogP contribution < -0.4 is 11.5 Å². The van der Waals surface area contributed by atoms with E-state index in [4.69, 9.17) is 20.9 Å². The first-order valence-electron chi connectivity index (χ1n) is 9.81. The Balaban J connectivity index is 1.75. The Morgan fingerprint density at radius 3 is 2.74 bits per heavy atom. The molecule has 0 aromatic heterocycles. The van der Waals surface area contributed by atoms with Crippen molar-refractivity contribution in [3.63, 3.8) is 0 Å². The van der Waals surface area contributed by atoms with Crippen LogP contribution in [0.1, 0.15) is 23.1 Å². The number of carbonyl (C=O) groups is 2. The fraction of sp³-hybridized carbons (Fsp3) is 0.318. The number of amides is 2. The van der Waals surface area contributed by atoms with Crippen molar-refractivity contribution in [3.05, 3.63) is 58.9 Å². The van der Waals surface area contributed by atoms with Crippen molar-refractivity contribution in [2.24, 2.45) is 16.5 Å². The van der Waals surface area contributed by atoms with E-state index in [1.807, 2.05) is 23.1 Å². The topological polar surface area (TPSA) is 120 Å². The zero-order valence-corrected chi connectivity index (χ0v) is 17.3. The van der Waals surface area contributed by atoms with Crippen molar-refractivity contribution >= 4 is 18.0 Å². The van der Waals surface area contributed by atoms with E-state index in [1.165, 1.54) is 6.07 Å². The van der Waals surface area contributed by atoms with Gasteiger partial charge in [0, 0.05) is 31.3 Å². The summed E-state index contributed by atoms with van der Waals surface area (Å²) in [6, 6.07) is 10.6. The number of rotatable bonds is 6. The van der Waals surface area contributed by atoms with Crippen molar-refractivity contribution in [3.8, 4) is 11.1 Å². The number of nitrogens with two attached hydrogens (primary N) is 2. The maximum atomic E-state index is 15.0. The average Bonchev–Trinajstić information content (AvgIpc) is 2.75. The number of guanidine groups is 1. The van der Waals surface area contributed by atoms with Crippen LogP contribution >= 0.6 is 0 Å². The number of fused-ring (bicyclic) bond motifs is 1. The van der Waals surface area contributed by atoms with Crippen LogP contribution in [0.15, 0.2) is 41.4 Å². The van der Waals surface area contributed by atoms with Gasteiger partial charge < -0.3 is 25.8 Å². The number of halogens is 1. The second-order valence-electron chi connectivity index (χ2n) is 7.16. The summed E-state index contributed by atoms with van der Waals surface area (Å²) in [4.78, 5) is 28.8. The molecule has 0 radical (unpaired) electrons. The Hall–Kier alpha value is -3.46. The van der Waals surface area contributed by atoms with Gasteiger partial charge in [-0.25, -0.2) is 9.18 Å². The van der Waals surface area contributed by atoms with Crippen molar-refractivity contribution in [2.45, 2.75) is 26.0 Å². The van der Waals surface area contributed by atoms with E-state index in [0.717, 1.165) is 11.1 Å². The molecule has 31 heavy (non-hydrogen) atoms. The molecule has 4 N–H and O–H groups in total. The van der Waals surface area contributed by atoms with E-state index < -0.39 is 17.9 Å². The molecule has 0 unspecified atom stereocenters. The lowest BCUT2D eigenvalue weighted by Crippen LogP contribution is -2.36. The van der Waals surface area contributed by atoms with Crippen molar-refractivity contribution in [2.75, 3.05) is 20.3 Å². The monoisotopic (exact) mass is 428 g/mol. The number of nitrogens with zero attached hydrogens (tertiary/aromatic N) is 2. The molecular weight excluding hydrogens is 403 g/mol. The van der Waals surface area contributed by atoms with Crippen molar-refractivity contribution < 1.29 is 23.5 Å². The van der Waals surface area contributed by atoms with Gasteiger partial charge in [0.1, 0.15) is 12.4 Å². The van der Waals surface area contributed by atoms with E-state index in [9.17, 15) is 9.59 Å². The minimum absolute atomic E-state index is 0.0607. The van der Waals surface area contributed by atoms with Crippen LogP contribution in [-0.2, 0) is 33.8 Å². The van der Waals surface area contributed by atoms with Crippen LogP contribution in [0.4, 0.5) is 9.18 Å². The Morgan fingerprint density at radius 1 is 1.19 bits per heavy atom. The third-order valence-corrected chi connectivity index (χ3v) is 5.05. The lowest BCUT2D eigenvalue weighted by atomic mass is 9.93. The first-order valence-corrected chi connectivity index (χ1v) is 9.81. The third kappa shape index (κ3) is 5.58. The Kier molecular flexibility index (Phi) is 7.19. The second-order valence-corrected chi connectivity index (χ2v) is 7.16. The quantitative estimate of drug-likeness (QED) is 0.538. The van der Waals surface area contributed by atoms with Gasteiger partial charge in [0.2, 0.25) is 5.91 Å². The summed E-state index contributed by atoms with van der Waals surface area (Å²) in [7, 11) is 1.57. The van der Waals surface area contributed by atoms with Gasteiger partial charge in [-0.05, 0) is 23.1 Å². The standard InChI is InChI=1S/C22H25FN4O4/c1-30-10-8-19(28)27-9-7-14-11-15(5-6-16(14)12-27)18-4-2-3-17(20(18)23)13-31-22(29)26-21(24)25/h2-6,11H,7-10,12-13H2,1H3,(H4,24,25,26,29). The molecule has 1 aliphatic heterocycles. The third-order valence-electron chi connectivity index (χ3n) is 5.05. The molecule has 0 atom stereocenters. The number of carbonyl (C=O) groups excluding carboxylic acids is 2. The normalized spacial score (nSPS) is 12.8. The summed E-state index contributed by atoms with van der Waals surface area (Å²) in [5.41, 5.74) is 13.7. The van der Waals surface area contributed by atoms with Crippen LogP contribution in [0.5, 0.6) is 0 Å².